The monoisotopic (exact) mass is 558 g/mol. The van der Waals surface area contributed by atoms with Crippen LogP contribution in [0.1, 0.15) is 10.9 Å². The van der Waals surface area contributed by atoms with Gasteiger partial charge in [-0.3, -0.25) is 0 Å². The molecule has 9 aromatic rings. The molecule has 42 heavy (non-hydrogen) atoms. The number of nitrogens with zero attached hydrogens (tertiary/aromatic N) is 1. The zero-order valence-electron chi connectivity index (χ0n) is 22.3. The van der Waals surface area contributed by atoms with Crippen LogP contribution in [0.2, 0.25) is 0 Å². The van der Waals surface area contributed by atoms with Gasteiger partial charge in [0, 0.05) is 42.9 Å². The highest BCUT2D eigenvalue weighted by molar-refractivity contribution is 8.00. The maximum absolute atomic E-state index is 6.73. The highest BCUT2D eigenvalue weighted by Gasteiger charge is 2.30. The third-order valence-electron chi connectivity index (χ3n) is 8.66. The van der Waals surface area contributed by atoms with Crippen LogP contribution in [-0.2, 0) is 0 Å². The quantitative estimate of drug-likeness (QED) is 0.229. The predicted molar refractivity (Wildman–Crippen MR) is 174 cm³/mol. The summed E-state index contributed by atoms with van der Waals surface area (Å²) in [4.78, 5) is 1.23. The van der Waals surface area contributed by atoms with E-state index in [-0.39, 0.29) is 5.37 Å². The number of rotatable bonds is 2. The van der Waals surface area contributed by atoms with Crippen molar-refractivity contribution in [2.45, 2.75) is 10.3 Å². The third-order valence-corrected chi connectivity index (χ3v) is 9.93. The molecule has 0 saturated carbocycles. The van der Waals surface area contributed by atoms with Crippen LogP contribution in [0, 0.1) is 0 Å². The Kier molecular flexibility index (Phi) is 4.41. The second-order valence-corrected chi connectivity index (χ2v) is 12.0. The van der Waals surface area contributed by atoms with E-state index in [2.05, 4.69) is 113 Å². The molecule has 0 saturated heterocycles. The summed E-state index contributed by atoms with van der Waals surface area (Å²) in [6.07, 6.45) is 0. The Morgan fingerprint density at radius 1 is 0.548 bits per heavy atom. The zero-order valence-corrected chi connectivity index (χ0v) is 23.1. The lowest BCUT2D eigenvalue weighted by Gasteiger charge is -2.15. The fourth-order valence-electron chi connectivity index (χ4n) is 6.87. The van der Waals surface area contributed by atoms with E-state index < -0.39 is 0 Å². The second kappa shape index (κ2) is 8.21. The van der Waals surface area contributed by atoms with Crippen molar-refractivity contribution in [3.8, 4) is 5.69 Å². The summed E-state index contributed by atoms with van der Waals surface area (Å²) >= 11 is 1.85. The van der Waals surface area contributed by atoms with E-state index in [4.69, 9.17) is 8.83 Å². The van der Waals surface area contributed by atoms with Gasteiger partial charge in [-0.15, -0.1) is 0 Å². The van der Waals surface area contributed by atoms with Gasteiger partial charge < -0.3 is 18.7 Å². The molecule has 3 aromatic heterocycles. The van der Waals surface area contributed by atoms with Crippen molar-refractivity contribution in [3.63, 3.8) is 0 Å². The van der Waals surface area contributed by atoms with Crippen molar-refractivity contribution in [2.75, 3.05) is 5.32 Å². The first-order valence-corrected chi connectivity index (χ1v) is 15.0. The highest BCUT2D eigenvalue weighted by Crippen LogP contribution is 2.54. The van der Waals surface area contributed by atoms with Gasteiger partial charge in [0.05, 0.1) is 16.7 Å². The second-order valence-electron chi connectivity index (χ2n) is 10.9. The Hall–Kier alpha value is -5.13. The molecule has 10 rings (SSSR count). The smallest absolute Gasteiger partial charge is 0.159 e. The number of fused-ring (bicyclic) bond motifs is 11. The van der Waals surface area contributed by atoms with E-state index in [1.165, 1.54) is 37.7 Å². The molecule has 0 bridgehead atoms. The molecule has 4 nitrogen and oxygen atoms in total. The lowest BCUT2D eigenvalue weighted by molar-refractivity contribution is 0.666. The van der Waals surface area contributed by atoms with Crippen molar-refractivity contribution < 1.29 is 8.83 Å². The van der Waals surface area contributed by atoms with Crippen LogP contribution in [0.3, 0.4) is 0 Å². The molecule has 4 heterocycles. The molecule has 0 spiro atoms. The van der Waals surface area contributed by atoms with Crippen LogP contribution >= 0.6 is 11.8 Å². The van der Waals surface area contributed by atoms with Crippen LogP contribution in [0.15, 0.2) is 135 Å². The maximum atomic E-state index is 6.73. The van der Waals surface area contributed by atoms with E-state index in [1.54, 1.807) is 0 Å². The van der Waals surface area contributed by atoms with Crippen molar-refractivity contribution in [2.24, 2.45) is 0 Å². The average Bonchev–Trinajstić information content (AvgIpc) is 3.80. The molecular weight excluding hydrogens is 536 g/mol. The van der Waals surface area contributed by atoms with Gasteiger partial charge in [-0.2, -0.15) is 0 Å². The number of nitrogens with one attached hydrogen (secondary N) is 1. The van der Waals surface area contributed by atoms with Crippen LogP contribution in [0.5, 0.6) is 0 Å². The molecule has 0 aliphatic carbocycles. The van der Waals surface area contributed by atoms with Crippen molar-refractivity contribution >= 4 is 83.1 Å². The first kappa shape index (κ1) is 22.5. The number of thioether (sulfide) groups is 1. The lowest BCUT2D eigenvalue weighted by atomic mass is 10.0. The number of furan rings is 2. The average molecular weight is 559 g/mol. The molecule has 0 amide bonds. The summed E-state index contributed by atoms with van der Waals surface area (Å²) in [6.45, 7) is 0. The van der Waals surface area contributed by atoms with Crippen LogP contribution in [0.4, 0.5) is 5.69 Å². The van der Waals surface area contributed by atoms with Crippen LogP contribution in [-0.4, -0.2) is 4.57 Å². The summed E-state index contributed by atoms with van der Waals surface area (Å²) in [7, 11) is 0. The Labute approximate surface area is 244 Å². The van der Waals surface area contributed by atoms with E-state index in [9.17, 15) is 0 Å². The van der Waals surface area contributed by atoms with Gasteiger partial charge in [-0.05, 0) is 48.0 Å². The minimum absolute atomic E-state index is 0.0231. The standard InChI is InChI=1S/C37H22N2O2S/c1-5-13-27-21(9-1)22-10-2-6-14-28(22)39(27)29-19-17-25(33-23-11-3-8-16-31(23)41-35(29)33)37-38-26-18-20-32-34(36(26)42-37)24-12-4-7-15-30(24)40-32/h1-20,37-38H. The summed E-state index contributed by atoms with van der Waals surface area (Å²) in [5.74, 6) is 0. The maximum Gasteiger partial charge on any atom is 0.159 e. The summed E-state index contributed by atoms with van der Waals surface area (Å²) in [5, 5.41) is 10.9. The fourth-order valence-corrected chi connectivity index (χ4v) is 8.20. The SMILES string of the molecule is c1ccc2c(c1)oc1ccc3c(c12)SC(c1ccc(-n2c4ccccc4c4ccccc42)c2oc4ccccc4c12)N3. The van der Waals surface area contributed by atoms with Gasteiger partial charge in [0.1, 0.15) is 22.1 Å². The van der Waals surface area contributed by atoms with E-state index in [0.29, 0.717) is 0 Å². The van der Waals surface area contributed by atoms with Crippen LogP contribution < -0.4 is 5.32 Å². The van der Waals surface area contributed by atoms with Gasteiger partial charge in [0.15, 0.2) is 5.58 Å². The largest absolute Gasteiger partial charge is 0.456 e. The number of benzene rings is 6. The van der Waals surface area contributed by atoms with E-state index in [1.807, 2.05) is 30.0 Å². The molecule has 1 atom stereocenters. The van der Waals surface area contributed by atoms with Gasteiger partial charge in [0.2, 0.25) is 0 Å². The Morgan fingerprint density at radius 2 is 1.17 bits per heavy atom. The van der Waals surface area contributed by atoms with Crippen molar-refractivity contribution in [1.29, 1.82) is 0 Å². The Bertz CT molecular complexity index is 2500. The predicted octanol–water partition coefficient (Wildman–Crippen LogP) is 10.8. The molecule has 1 unspecified atom stereocenters. The normalized spacial score (nSPS) is 15.0. The molecule has 1 aliphatic heterocycles. The van der Waals surface area contributed by atoms with Crippen molar-refractivity contribution in [3.05, 3.63) is 127 Å². The number of hydrogen-bond donors (Lipinski definition) is 1. The van der Waals surface area contributed by atoms with Crippen molar-refractivity contribution in [1.82, 2.24) is 4.57 Å². The van der Waals surface area contributed by atoms with Gasteiger partial charge in [-0.1, -0.05) is 90.6 Å². The zero-order chi connectivity index (χ0) is 27.4. The summed E-state index contributed by atoms with van der Waals surface area (Å²) in [5.41, 5.74) is 9.37. The third kappa shape index (κ3) is 2.93. The minimum atomic E-state index is 0.0231. The van der Waals surface area contributed by atoms with Gasteiger partial charge in [0.25, 0.3) is 0 Å². The summed E-state index contributed by atoms with van der Waals surface area (Å²) in [6, 6.07) is 42.7. The molecular formula is C37H22N2O2S. The first-order chi connectivity index (χ1) is 20.8. The van der Waals surface area contributed by atoms with E-state index >= 15 is 0 Å². The number of hydrogen-bond acceptors (Lipinski definition) is 4. The van der Waals surface area contributed by atoms with Gasteiger partial charge in [-0.25, -0.2) is 0 Å². The number of aromatic nitrogens is 1. The minimum Gasteiger partial charge on any atom is -0.456 e. The van der Waals surface area contributed by atoms with Gasteiger partial charge >= 0.3 is 0 Å². The molecule has 1 aliphatic rings. The molecule has 0 radical (unpaired) electrons. The molecule has 198 valence electrons. The number of anilines is 1. The topological polar surface area (TPSA) is 43.2 Å². The molecule has 6 aromatic carbocycles. The lowest BCUT2D eigenvalue weighted by Crippen LogP contribution is -2.03. The first-order valence-electron chi connectivity index (χ1n) is 14.1. The van der Waals surface area contributed by atoms with Crippen LogP contribution in [0.25, 0.3) is 71.4 Å². The molecule has 0 fully saturated rings. The Morgan fingerprint density at radius 3 is 1.90 bits per heavy atom. The fraction of sp³-hybridized carbons (Fsp3) is 0.0270. The highest BCUT2D eigenvalue weighted by atomic mass is 32.2. The molecule has 1 N–H and O–H groups in total. The van der Waals surface area contributed by atoms with E-state index in [0.717, 1.165) is 49.9 Å². The number of para-hydroxylation sites is 4. The Balaban J connectivity index is 1.23. The molecule has 5 heteroatoms. The summed E-state index contributed by atoms with van der Waals surface area (Å²) < 4.78 is 15.3.